The first-order valence-electron chi connectivity index (χ1n) is 6.14. The largest absolute Gasteiger partial charge is 0.354 e. The van der Waals surface area contributed by atoms with Gasteiger partial charge in [-0.15, -0.1) is 0 Å². The van der Waals surface area contributed by atoms with Gasteiger partial charge in [0.1, 0.15) is 6.07 Å². The van der Waals surface area contributed by atoms with Crippen LogP contribution in [0.1, 0.15) is 5.56 Å². The molecule has 0 unspecified atom stereocenters. The first kappa shape index (κ1) is 14.5. The Hall–Kier alpha value is -2.42. The van der Waals surface area contributed by atoms with Gasteiger partial charge in [0, 0.05) is 33.4 Å². The number of nitrogens with zero attached hydrogens (tertiary/aromatic N) is 3. The second-order valence-corrected chi connectivity index (χ2v) is 5.34. The number of halogens is 3. The molecule has 0 radical (unpaired) electrons. The zero-order chi connectivity index (χ0) is 15.7. The summed E-state index contributed by atoms with van der Waals surface area (Å²) in [6, 6.07) is 8.14. The molecule has 2 heterocycles. The molecule has 0 aliphatic heterocycles. The van der Waals surface area contributed by atoms with Gasteiger partial charge in [0.05, 0.1) is 23.0 Å². The van der Waals surface area contributed by atoms with Crippen molar-refractivity contribution in [2.45, 2.75) is 0 Å². The number of anilines is 2. The van der Waals surface area contributed by atoms with Crippen molar-refractivity contribution >= 4 is 45.5 Å². The number of pyridine rings is 2. The Kier molecular flexibility index (Phi) is 3.80. The zero-order valence-corrected chi connectivity index (χ0v) is 12.5. The third kappa shape index (κ3) is 2.80. The van der Waals surface area contributed by atoms with Gasteiger partial charge in [-0.1, -0.05) is 23.2 Å². The summed E-state index contributed by atoms with van der Waals surface area (Å²) in [5, 5.41) is 13.6. The van der Waals surface area contributed by atoms with Gasteiger partial charge in [0.15, 0.2) is 0 Å². The molecule has 0 amide bonds. The first-order chi connectivity index (χ1) is 10.6. The molecule has 3 aromatic rings. The van der Waals surface area contributed by atoms with Crippen molar-refractivity contribution in [1.29, 1.82) is 5.26 Å². The Balaban J connectivity index is 2.20. The van der Waals surface area contributed by atoms with Crippen molar-refractivity contribution in [2.75, 3.05) is 5.32 Å². The van der Waals surface area contributed by atoms with E-state index in [0.717, 1.165) is 0 Å². The van der Waals surface area contributed by atoms with Crippen molar-refractivity contribution < 1.29 is 4.39 Å². The van der Waals surface area contributed by atoms with Crippen LogP contribution in [0.15, 0.2) is 36.7 Å². The summed E-state index contributed by atoms with van der Waals surface area (Å²) < 4.78 is 13.4. The lowest BCUT2D eigenvalue weighted by Crippen LogP contribution is -1.98. The van der Waals surface area contributed by atoms with Gasteiger partial charge in [0.2, 0.25) is 5.95 Å². The Labute approximate surface area is 135 Å². The second-order valence-electron chi connectivity index (χ2n) is 4.47. The van der Waals surface area contributed by atoms with Crippen LogP contribution in [0.5, 0.6) is 0 Å². The minimum Gasteiger partial charge on any atom is -0.354 e. The molecule has 0 bridgehead atoms. The molecule has 2 aromatic heterocycles. The second kappa shape index (κ2) is 5.76. The molecule has 3 rings (SSSR count). The molecule has 108 valence electrons. The summed E-state index contributed by atoms with van der Waals surface area (Å²) in [6.07, 6.45) is 2.71. The highest BCUT2D eigenvalue weighted by Crippen LogP contribution is 2.31. The van der Waals surface area contributed by atoms with Gasteiger partial charge in [-0.2, -0.15) is 9.65 Å². The predicted molar refractivity (Wildman–Crippen MR) is 84.0 cm³/mol. The Morgan fingerprint density at radius 2 is 1.77 bits per heavy atom. The van der Waals surface area contributed by atoms with Crippen molar-refractivity contribution in [1.82, 2.24) is 9.97 Å². The van der Waals surface area contributed by atoms with E-state index < -0.39 is 5.95 Å². The molecule has 0 fully saturated rings. The van der Waals surface area contributed by atoms with Crippen LogP contribution in [0.3, 0.4) is 0 Å². The average molecular weight is 333 g/mol. The maximum absolute atomic E-state index is 13.4. The Bertz CT molecular complexity index is 901. The Morgan fingerprint density at radius 1 is 1.05 bits per heavy atom. The minimum atomic E-state index is -0.656. The molecule has 7 heteroatoms. The molecule has 1 aromatic carbocycles. The van der Waals surface area contributed by atoms with Crippen molar-refractivity contribution in [2.24, 2.45) is 0 Å². The highest BCUT2D eigenvalue weighted by atomic mass is 35.5. The van der Waals surface area contributed by atoms with E-state index in [1.165, 1.54) is 18.5 Å². The fourth-order valence-corrected chi connectivity index (χ4v) is 2.59. The van der Waals surface area contributed by atoms with Crippen molar-refractivity contribution in [3.05, 3.63) is 58.2 Å². The predicted octanol–water partition coefficient (Wildman–Crippen LogP) is 4.69. The maximum Gasteiger partial charge on any atom is 0.213 e. The number of nitriles is 1. The molecule has 0 atom stereocenters. The van der Waals surface area contributed by atoms with Gasteiger partial charge >= 0.3 is 0 Å². The van der Waals surface area contributed by atoms with Crippen LogP contribution in [0, 0.1) is 17.3 Å². The molecule has 0 aliphatic rings. The lowest BCUT2D eigenvalue weighted by Gasteiger charge is -2.12. The fourth-order valence-electron chi connectivity index (χ4n) is 2.06. The van der Waals surface area contributed by atoms with Gasteiger partial charge in [-0.05, 0) is 18.2 Å². The standard InChI is InChI=1S/C15H7Cl2FN4/c16-9-1-10(17)3-11(2-9)22-15-8(5-19)6-20-13-7-21-14(18)4-12(13)15/h1-4,6-7H,(H,20,22). The molecule has 0 aliphatic carbocycles. The first-order valence-corrected chi connectivity index (χ1v) is 6.90. The Morgan fingerprint density at radius 3 is 2.45 bits per heavy atom. The van der Waals surface area contributed by atoms with Crippen LogP contribution in [-0.2, 0) is 0 Å². The van der Waals surface area contributed by atoms with Crippen LogP contribution >= 0.6 is 23.2 Å². The fraction of sp³-hybridized carbons (Fsp3) is 0. The lowest BCUT2D eigenvalue weighted by atomic mass is 10.1. The summed E-state index contributed by atoms with van der Waals surface area (Å²) in [5.41, 5.74) is 1.75. The molecular formula is C15H7Cl2FN4. The summed E-state index contributed by atoms with van der Waals surface area (Å²) >= 11 is 11.9. The number of hydrogen-bond acceptors (Lipinski definition) is 4. The van der Waals surface area contributed by atoms with Crippen LogP contribution in [0.4, 0.5) is 15.8 Å². The molecule has 1 N–H and O–H groups in total. The summed E-state index contributed by atoms with van der Waals surface area (Å²) in [5.74, 6) is -0.656. The van der Waals surface area contributed by atoms with Crippen LogP contribution in [-0.4, -0.2) is 9.97 Å². The molecule has 4 nitrogen and oxygen atoms in total. The van der Waals surface area contributed by atoms with Crippen LogP contribution < -0.4 is 5.32 Å². The van der Waals surface area contributed by atoms with E-state index in [-0.39, 0.29) is 5.56 Å². The molecule has 22 heavy (non-hydrogen) atoms. The smallest absolute Gasteiger partial charge is 0.213 e. The summed E-state index contributed by atoms with van der Waals surface area (Å²) in [4.78, 5) is 7.64. The van der Waals surface area contributed by atoms with E-state index >= 15 is 0 Å². The molecule has 0 spiro atoms. The zero-order valence-electron chi connectivity index (χ0n) is 10.9. The maximum atomic E-state index is 13.4. The molecular weight excluding hydrogens is 326 g/mol. The number of benzene rings is 1. The normalized spacial score (nSPS) is 10.5. The van der Waals surface area contributed by atoms with Gasteiger partial charge in [0.25, 0.3) is 0 Å². The van der Waals surface area contributed by atoms with Crippen LogP contribution in [0.2, 0.25) is 10.0 Å². The highest BCUT2D eigenvalue weighted by Gasteiger charge is 2.11. The van der Waals surface area contributed by atoms with Gasteiger partial charge in [-0.25, -0.2) is 4.98 Å². The van der Waals surface area contributed by atoms with E-state index in [4.69, 9.17) is 23.2 Å². The topological polar surface area (TPSA) is 61.6 Å². The van der Waals surface area contributed by atoms with E-state index in [2.05, 4.69) is 15.3 Å². The summed E-state index contributed by atoms with van der Waals surface area (Å²) in [7, 11) is 0. The monoisotopic (exact) mass is 332 g/mol. The summed E-state index contributed by atoms with van der Waals surface area (Å²) in [6.45, 7) is 0. The third-order valence-corrected chi connectivity index (χ3v) is 3.41. The van der Waals surface area contributed by atoms with Crippen molar-refractivity contribution in [3.8, 4) is 6.07 Å². The number of rotatable bonds is 2. The third-order valence-electron chi connectivity index (χ3n) is 2.97. The minimum absolute atomic E-state index is 0.272. The SMILES string of the molecule is N#Cc1cnc2cnc(F)cc2c1Nc1cc(Cl)cc(Cl)c1. The van der Waals surface area contributed by atoms with Gasteiger partial charge < -0.3 is 5.32 Å². The quantitative estimate of drug-likeness (QED) is 0.691. The molecule has 0 saturated heterocycles. The van der Waals surface area contributed by atoms with E-state index in [0.29, 0.717) is 32.3 Å². The van der Waals surface area contributed by atoms with E-state index in [1.807, 2.05) is 6.07 Å². The lowest BCUT2D eigenvalue weighted by molar-refractivity contribution is 0.586. The number of nitrogens with one attached hydrogen (secondary N) is 1. The van der Waals surface area contributed by atoms with Crippen LogP contribution in [0.25, 0.3) is 10.9 Å². The average Bonchev–Trinajstić information content (AvgIpc) is 2.47. The van der Waals surface area contributed by atoms with Crippen molar-refractivity contribution in [3.63, 3.8) is 0 Å². The number of hydrogen-bond donors (Lipinski definition) is 1. The highest BCUT2D eigenvalue weighted by molar-refractivity contribution is 6.35. The number of fused-ring (bicyclic) bond motifs is 1. The van der Waals surface area contributed by atoms with Gasteiger partial charge in [-0.3, -0.25) is 4.98 Å². The molecule has 0 saturated carbocycles. The van der Waals surface area contributed by atoms with E-state index in [9.17, 15) is 9.65 Å². The van der Waals surface area contributed by atoms with E-state index in [1.54, 1.807) is 18.2 Å². The number of aromatic nitrogens is 2.